The Balaban J connectivity index is 1.92. The predicted octanol–water partition coefficient (Wildman–Crippen LogP) is 2.14. The molecule has 0 fully saturated rings. The van der Waals surface area contributed by atoms with Crippen molar-refractivity contribution in [2.75, 3.05) is 19.1 Å². The predicted molar refractivity (Wildman–Crippen MR) is 96.4 cm³/mol. The summed E-state index contributed by atoms with van der Waals surface area (Å²) in [5, 5.41) is 7.84. The number of esters is 1. The van der Waals surface area contributed by atoms with Crippen LogP contribution in [0.5, 0.6) is 5.75 Å². The number of hydrogen-bond acceptors (Lipinski definition) is 8. The Morgan fingerprint density at radius 2 is 2.00 bits per heavy atom. The second-order valence-corrected chi connectivity index (χ2v) is 7.39. The minimum atomic E-state index is -0.603. The molecule has 9 heteroatoms. The van der Waals surface area contributed by atoms with E-state index in [0.717, 1.165) is 0 Å². The largest absolute Gasteiger partial charge is 0.497 e. The van der Waals surface area contributed by atoms with Crippen molar-refractivity contribution in [3.05, 3.63) is 35.5 Å². The van der Waals surface area contributed by atoms with Gasteiger partial charge in [-0.3, -0.25) is 4.79 Å². The zero-order valence-corrected chi connectivity index (χ0v) is 15.8. The van der Waals surface area contributed by atoms with Gasteiger partial charge in [0.05, 0.1) is 24.5 Å². The van der Waals surface area contributed by atoms with E-state index in [4.69, 9.17) is 9.47 Å². The van der Waals surface area contributed by atoms with Crippen molar-refractivity contribution in [3.63, 3.8) is 0 Å². The summed E-state index contributed by atoms with van der Waals surface area (Å²) in [5.74, 6) is 0.0675. The number of benzene rings is 1. The van der Waals surface area contributed by atoms with E-state index in [-0.39, 0.29) is 18.1 Å². The summed E-state index contributed by atoms with van der Waals surface area (Å²) in [6.07, 6.45) is 0. The molecule has 26 heavy (non-hydrogen) atoms. The molecule has 0 unspecified atom stereocenters. The Hall–Kier alpha value is -2.55. The monoisotopic (exact) mass is 376 g/mol. The SMILES string of the molecule is CCOC(=O)c1nnn2c1S[C@H](C(=O)c1ccc(OC)cc1)C(C)(C)N2. The summed E-state index contributed by atoms with van der Waals surface area (Å²) in [6.45, 7) is 5.77. The van der Waals surface area contributed by atoms with Crippen LogP contribution < -0.4 is 10.2 Å². The van der Waals surface area contributed by atoms with Crippen LogP contribution in [0.15, 0.2) is 29.3 Å². The highest BCUT2D eigenvalue weighted by Crippen LogP contribution is 2.38. The molecule has 1 atom stereocenters. The number of ketones is 1. The number of nitrogens with zero attached hydrogens (tertiary/aromatic N) is 3. The zero-order chi connectivity index (χ0) is 18.9. The maximum Gasteiger partial charge on any atom is 0.361 e. The number of nitrogens with one attached hydrogen (secondary N) is 1. The molecular formula is C17H20N4O4S. The van der Waals surface area contributed by atoms with E-state index in [1.54, 1.807) is 38.3 Å². The molecule has 2 heterocycles. The van der Waals surface area contributed by atoms with E-state index in [0.29, 0.717) is 16.3 Å². The fourth-order valence-corrected chi connectivity index (χ4v) is 3.89. The van der Waals surface area contributed by atoms with Crippen molar-refractivity contribution in [3.8, 4) is 5.75 Å². The molecule has 138 valence electrons. The molecule has 0 saturated carbocycles. The van der Waals surface area contributed by atoms with Crippen LogP contribution in [0.25, 0.3) is 0 Å². The van der Waals surface area contributed by atoms with Crippen molar-refractivity contribution in [1.82, 2.24) is 15.1 Å². The molecule has 0 bridgehead atoms. The number of carbonyl (C=O) groups is 2. The van der Waals surface area contributed by atoms with Gasteiger partial charge in [-0.1, -0.05) is 11.8 Å². The molecular weight excluding hydrogens is 356 g/mol. The van der Waals surface area contributed by atoms with E-state index in [1.807, 2.05) is 13.8 Å². The van der Waals surface area contributed by atoms with Crippen LogP contribution in [0.2, 0.25) is 0 Å². The molecule has 3 rings (SSSR count). The van der Waals surface area contributed by atoms with E-state index in [9.17, 15) is 9.59 Å². The van der Waals surface area contributed by atoms with Crippen molar-refractivity contribution in [1.29, 1.82) is 0 Å². The maximum atomic E-state index is 13.1. The number of carbonyl (C=O) groups excluding carboxylic acids is 2. The summed E-state index contributed by atoms with van der Waals surface area (Å²) in [4.78, 5) is 26.6. The molecule has 0 saturated heterocycles. The first-order chi connectivity index (χ1) is 12.4. The number of hydrogen-bond donors (Lipinski definition) is 1. The molecule has 0 aliphatic carbocycles. The number of methoxy groups -OCH3 is 1. The standard InChI is InChI=1S/C17H20N4O4S/c1-5-25-16(23)12-15-21(20-18-12)19-17(2,3)14(26-15)13(22)10-6-8-11(24-4)9-7-10/h6-9,14,19H,5H2,1-4H3/t14-/m1/s1. The van der Waals surface area contributed by atoms with Gasteiger partial charge in [-0.05, 0) is 50.3 Å². The van der Waals surface area contributed by atoms with Gasteiger partial charge in [0.25, 0.3) is 0 Å². The van der Waals surface area contributed by atoms with E-state index in [2.05, 4.69) is 15.7 Å². The lowest BCUT2D eigenvalue weighted by atomic mass is 9.94. The summed E-state index contributed by atoms with van der Waals surface area (Å²) in [5.41, 5.74) is 3.21. The average molecular weight is 376 g/mol. The van der Waals surface area contributed by atoms with Crippen LogP contribution in [0.1, 0.15) is 41.6 Å². The summed E-state index contributed by atoms with van der Waals surface area (Å²) in [6, 6.07) is 6.95. The quantitative estimate of drug-likeness (QED) is 0.626. The number of ether oxygens (including phenoxy) is 2. The molecule has 1 aliphatic heterocycles. The van der Waals surface area contributed by atoms with E-state index < -0.39 is 16.8 Å². The molecule has 8 nitrogen and oxygen atoms in total. The van der Waals surface area contributed by atoms with Crippen LogP contribution in [0.4, 0.5) is 0 Å². The van der Waals surface area contributed by atoms with Gasteiger partial charge in [0, 0.05) is 5.56 Å². The highest BCUT2D eigenvalue weighted by molar-refractivity contribution is 8.00. The first-order valence-electron chi connectivity index (χ1n) is 8.13. The molecule has 1 aromatic carbocycles. The third-order valence-electron chi connectivity index (χ3n) is 3.99. The molecule has 0 radical (unpaired) electrons. The minimum absolute atomic E-state index is 0.0580. The topological polar surface area (TPSA) is 95.3 Å². The van der Waals surface area contributed by atoms with Gasteiger partial charge in [-0.2, -0.15) is 4.79 Å². The highest BCUT2D eigenvalue weighted by Gasteiger charge is 2.43. The van der Waals surface area contributed by atoms with Gasteiger partial charge >= 0.3 is 5.97 Å². The summed E-state index contributed by atoms with van der Waals surface area (Å²) < 4.78 is 10.2. The van der Waals surface area contributed by atoms with Gasteiger partial charge < -0.3 is 14.9 Å². The van der Waals surface area contributed by atoms with Gasteiger partial charge in [0.2, 0.25) is 5.69 Å². The number of thioether (sulfide) groups is 1. The second-order valence-electron chi connectivity index (χ2n) is 6.30. The number of fused-ring (bicyclic) bond motifs is 1. The van der Waals surface area contributed by atoms with Crippen LogP contribution in [0, 0.1) is 0 Å². The molecule has 1 N–H and O–H groups in total. The molecule has 2 aromatic rings. The fraction of sp³-hybridized carbons (Fsp3) is 0.412. The third kappa shape index (κ3) is 3.26. The molecule has 0 spiro atoms. The zero-order valence-electron chi connectivity index (χ0n) is 15.0. The van der Waals surface area contributed by atoms with Crippen LogP contribution in [-0.4, -0.2) is 51.4 Å². The minimum Gasteiger partial charge on any atom is -0.497 e. The Kier molecular flexibility index (Phi) is 4.90. The van der Waals surface area contributed by atoms with Crippen molar-refractivity contribution in [2.24, 2.45) is 0 Å². The Morgan fingerprint density at radius 1 is 1.31 bits per heavy atom. The smallest absolute Gasteiger partial charge is 0.361 e. The number of rotatable bonds is 5. The highest BCUT2D eigenvalue weighted by atomic mass is 32.2. The van der Waals surface area contributed by atoms with E-state index >= 15 is 0 Å². The first kappa shape index (κ1) is 18.2. The normalized spacial score (nSPS) is 17.8. The van der Waals surface area contributed by atoms with Gasteiger partial charge in [-0.15, -0.1) is 5.10 Å². The van der Waals surface area contributed by atoms with Gasteiger partial charge in [-0.25, -0.2) is 4.79 Å². The lowest BCUT2D eigenvalue weighted by molar-refractivity contribution is 0.0514. The Bertz CT molecular complexity index is 832. The van der Waals surface area contributed by atoms with Crippen molar-refractivity contribution >= 4 is 23.5 Å². The van der Waals surface area contributed by atoms with Crippen LogP contribution in [0.3, 0.4) is 0 Å². The van der Waals surface area contributed by atoms with Gasteiger partial charge in [0.15, 0.2) is 10.8 Å². The Morgan fingerprint density at radius 3 is 2.62 bits per heavy atom. The lowest BCUT2D eigenvalue weighted by Gasteiger charge is -2.38. The van der Waals surface area contributed by atoms with Gasteiger partial charge in [0.1, 0.15) is 5.75 Å². The van der Waals surface area contributed by atoms with E-state index in [1.165, 1.54) is 16.6 Å². The molecule has 1 aromatic heterocycles. The summed E-state index contributed by atoms with van der Waals surface area (Å²) >= 11 is 1.26. The number of Topliss-reactive ketones (excluding diaryl/α,β-unsaturated/α-hetero) is 1. The Labute approximate surface area is 155 Å². The number of aromatic nitrogens is 3. The van der Waals surface area contributed by atoms with Crippen molar-refractivity contribution < 1.29 is 19.1 Å². The lowest BCUT2D eigenvalue weighted by Crippen LogP contribution is -2.53. The maximum absolute atomic E-state index is 13.1. The van der Waals surface area contributed by atoms with Crippen LogP contribution >= 0.6 is 11.8 Å². The van der Waals surface area contributed by atoms with Crippen LogP contribution in [-0.2, 0) is 4.74 Å². The summed E-state index contributed by atoms with van der Waals surface area (Å²) in [7, 11) is 1.58. The fourth-order valence-electron chi connectivity index (χ4n) is 2.66. The average Bonchev–Trinajstić information content (AvgIpc) is 3.02. The molecule has 0 amide bonds. The third-order valence-corrected chi connectivity index (χ3v) is 5.62. The molecule has 1 aliphatic rings. The van der Waals surface area contributed by atoms with Crippen molar-refractivity contribution in [2.45, 2.75) is 36.6 Å². The first-order valence-corrected chi connectivity index (χ1v) is 9.01. The second kappa shape index (κ2) is 6.99.